The Kier molecular flexibility index (Phi) is 6.31. The summed E-state index contributed by atoms with van der Waals surface area (Å²) in [7, 11) is 0. The molecule has 0 unspecified atom stereocenters. The lowest BCUT2D eigenvalue weighted by molar-refractivity contribution is 1.62. The Labute approximate surface area is 131 Å². The van der Waals surface area contributed by atoms with Crippen LogP contribution in [0.2, 0.25) is 0 Å². The molecule has 0 aliphatic carbocycles. The van der Waals surface area contributed by atoms with Gasteiger partial charge < -0.3 is 0 Å². The van der Waals surface area contributed by atoms with Crippen molar-refractivity contribution in [1.82, 2.24) is 0 Å². The molecule has 0 N–H and O–H groups in total. The fourth-order valence-corrected chi connectivity index (χ4v) is 2.04. The summed E-state index contributed by atoms with van der Waals surface area (Å²) in [5.41, 5.74) is 5.19. The van der Waals surface area contributed by atoms with E-state index in [4.69, 9.17) is 11.6 Å². The fourth-order valence-electron chi connectivity index (χ4n) is 1.90. The molecule has 0 radical (unpaired) electrons. The van der Waals surface area contributed by atoms with Crippen LogP contribution in [-0.4, -0.2) is 0 Å². The summed E-state index contributed by atoms with van der Waals surface area (Å²) in [6.07, 6.45) is 1.85. The summed E-state index contributed by atoms with van der Waals surface area (Å²) < 4.78 is 0. The van der Waals surface area contributed by atoms with Gasteiger partial charge in [0.05, 0.1) is 0 Å². The van der Waals surface area contributed by atoms with E-state index in [1.54, 1.807) is 0 Å². The van der Waals surface area contributed by atoms with Gasteiger partial charge in [0.2, 0.25) is 0 Å². The van der Waals surface area contributed by atoms with E-state index in [1.165, 1.54) is 16.7 Å². The topological polar surface area (TPSA) is 0 Å². The first-order valence-electron chi connectivity index (χ1n) is 6.82. The minimum atomic E-state index is 1.13. The second kappa shape index (κ2) is 8.78. The molecule has 21 heavy (non-hydrogen) atoms. The van der Waals surface area contributed by atoms with Gasteiger partial charge in [-0.05, 0) is 22.8 Å². The number of hydrogen-bond donors (Lipinski definition) is 0. The molecule has 0 saturated heterocycles. The molecule has 0 aliphatic heterocycles. The maximum Gasteiger partial charge on any atom is 0.00484 e. The van der Waals surface area contributed by atoms with E-state index in [9.17, 15) is 0 Å². The Morgan fingerprint density at radius 2 is 0.905 bits per heavy atom. The van der Waals surface area contributed by atoms with Gasteiger partial charge in [-0.15, -0.1) is 0 Å². The summed E-state index contributed by atoms with van der Waals surface area (Å²) >= 11 is 5.36. The van der Waals surface area contributed by atoms with Crippen molar-refractivity contribution >= 4 is 17.7 Å². The highest BCUT2D eigenvalue weighted by atomic mass is 35.5. The molecule has 3 rings (SSSR count). The first kappa shape index (κ1) is 15.1. The van der Waals surface area contributed by atoms with E-state index < -0.39 is 0 Å². The number of rotatable bonds is 2. The molecule has 104 valence electrons. The molecule has 0 aliphatic rings. The van der Waals surface area contributed by atoms with Crippen LogP contribution in [0.4, 0.5) is 0 Å². The maximum atomic E-state index is 5.36. The molecule has 0 amide bonds. The van der Waals surface area contributed by atoms with Crippen LogP contribution in [0.1, 0.15) is 5.56 Å². The van der Waals surface area contributed by atoms with Crippen molar-refractivity contribution in [3.05, 3.63) is 102 Å². The molecular weight excluding hydrogens is 276 g/mol. The molecule has 3 aromatic carbocycles. The third kappa shape index (κ3) is 5.29. The van der Waals surface area contributed by atoms with Gasteiger partial charge in [0.25, 0.3) is 0 Å². The van der Waals surface area contributed by atoms with Crippen molar-refractivity contribution in [1.29, 1.82) is 0 Å². The van der Waals surface area contributed by atoms with Crippen LogP contribution in [0.3, 0.4) is 0 Å². The molecule has 0 saturated carbocycles. The highest BCUT2D eigenvalue weighted by Gasteiger charge is 1.91. The van der Waals surface area contributed by atoms with E-state index in [1.807, 2.05) is 48.5 Å². The molecule has 0 bridgehead atoms. The average Bonchev–Trinajstić information content (AvgIpc) is 2.58. The van der Waals surface area contributed by atoms with Gasteiger partial charge in [-0.25, -0.2) is 0 Å². The number of hydrogen-bond acceptors (Lipinski definition) is 0. The van der Waals surface area contributed by atoms with Crippen LogP contribution in [0, 0.1) is 0 Å². The largest absolute Gasteiger partial charge is 0.0929 e. The molecular formula is C20H17Cl. The molecule has 0 atom stereocenters. The fraction of sp³-hybridized carbons (Fsp3) is 0. The van der Waals surface area contributed by atoms with Crippen molar-refractivity contribution in [2.24, 2.45) is 0 Å². The Morgan fingerprint density at radius 3 is 1.29 bits per heavy atom. The van der Waals surface area contributed by atoms with Crippen molar-refractivity contribution in [2.45, 2.75) is 0 Å². The van der Waals surface area contributed by atoms with E-state index in [2.05, 4.69) is 48.5 Å². The standard InChI is InChI=1S/C12H10.C8H7Cl/c1-3-7-11(8-4-1)12-9-5-2-6-10-12;9-7-6-8-4-2-1-3-5-8/h1-10H;1-7H. The molecule has 0 aromatic heterocycles. The Hall–Kier alpha value is -2.31. The van der Waals surface area contributed by atoms with Crippen LogP contribution >= 0.6 is 11.6 Å². The zero-order valence-corrected chi connectivity index (χ0v) is 12.4. The molecule has 0 spiro atoms. The van der Waals surface area contributed by atoms with E-state index >= 15 is 0 Å². The Morgan fingerprint density at radius 1 is 0.524 bits per heavy atom. The minimum absolute atomic E-state index is 1.13. The molecule has 3 aromatic rings. The first-order chi connectivity index (χ1) is 10.4. The second-order valence-electron chi connectivity index (χ2n) is 4.44. The average molecular weight is 293 g/mol. The third-order valence-electron chi connectivity index (χ3n) is 2.94. The van der Waals surface area contributed by atoms with Crippen LogP contribution in [0.15, 0.2) is 96.5 Å². The minimum Gasteiger partial charge on any atom is -0.0929 e. The van der Waals surface area contributed by atoms with Crippen molar-refractivity contribution in [3.8, 4) is 11.1 Å². The zero-order chi connectivity index (χ0) is 14.8. The lowest BCUT2D eigenvalue weighted by Gasteiger charge is -1.98. The molecule has 1 heteroatoms. The van der Waals surface area contributed by atoms with Crippen molar-refractivity contribution in [3.63, 3.8) is 0 Å². The summed E-state index contributed by atoms with van der Waals surface area (Å²) in [4.78, 5) is 0. The first-order valence-corrected chi connectivity index (χ1v) is 7.26. The Balaban J connectivity index is 0.000000161. The predicted octanol–water partition coefficient (Wildman–Crippen LogP) is 6.25. The summed E-state index contributed by atoms with van der Waals surface area (Å²) in [5, 5.41) is 0. The normalized spacial score (nSPS) is 9.95. The van der Waals surface area contributed by atoms with Crippen LogP contribution in [0.25, 0.3) is 17.2 Å². The van der Waals surface area contributed by atoms with Gasteiger partial charge in [0.1, 0.15) is 0 Å². The van der Waals surface area contributed by atoms with E-state index in [-0.39, 0.29) is 0 Å². The van der Waals surface area contributed by atoms with Crippen LogP contribution < -0.4 is 0 Å². The van der Waals surface area contributed by atoms with Crippen LogP contribution in [0.5, 0.6) is 0 Å². The zero-order valence-electron chi connectivity index (χ0n) is 11.7. The predicted molar refractivity (Wildman–Crippen MR) is 93.2 cm³/mol. The molecule has 0 nitrogen and oxygen atoms in total. The quantitative estimate of drug-likeness (QED) is 0.523. The third-order valence-corrected chi connectivity index (χ3v) is 3.06. The van der Waals surface area contributed by atoms with E-state index in [0.717, 1.165) is 5.56 Å². The van der Waals surface area contributed by atoms with Gasteiger partial charge in [0, 0.05) is 5.54 Å². The van der Waals surface area contributed by atoms with Crippen LogP contribution in [-0.2, 0) is 0 Å². The summed E-state index contributed by atoms with van der Waals surface area (Å²) in [6, 6.07) is 30.7. The van der Waals surface area contributed by atoms with Gasteiger partial charge >= 0.3 is 0 Å². The lowest BCUT2D eigenvalue weighted by atomic mass is 10.1. The highest BCUT2D eigenvalue weighted by molar-refractivity contribution is 6.27. The number of halogens is 1. The highest BCUT2D eigenvalue weighted by Crippen LogP contribution is 2.17. The summed E-state index contributed by atoms with van der Waals surface area (Å²) in [5.74, 6) is 0. The molecule has 0 fully saturated rings. The SMILES string of the molecule is ClC=Cc1ccccc1.c1ccc(-c2ccccc2)cc1. The second-order valence-corrected chi connectivity index (χ2v) is 4.69. The van der Waals surface area contributed by atoms with E-state index in [0.29, 0.717) is 0 Å². The van der Waals surface area contributed by atoms with Gasteiger partial charge in [-0.3, -0.25) is 0 Å². The Bertz CT molecular complexity index is 606. The maximum absolute atomic E-state index is 5.36. The smallest absolute Gasteiger partial charge is 0.00484 e. The monoisotopic (exact) mass is 292 g/mol. The van der Waals surface area contributed by atoms with Crippen molar-refractivity contribution < 1.29 is 0 Å². The van der Waals surface area contributed by atoms with Gasteiger partial charge in [-0.2, -0.15) is 0 Å². The summed E-state index contributed by atoms with van der Waals surface area (Å²) in [6.45, 7) is 0. The number of benzene rings is 3. The molecule has 0 heterocycles. The van der Waals surface area contributed by atoms with Gasteiger partial charge in [0.15, 0.2) is 0 Å². The lowest BCUT2D eigenvalue weighted by Crippen LogP contribution is -1.73. The van der Waals surface area contributed by atoms with Gasteiger partial charge in [-0.1, -0.05) is 103 Å². The van der Waals surface area contributed by atoms with Crippen molar-refractivity contribution in [2.75, 3.05) is 0 Å².